The zero-order valence-corrected chi connectivity index (χ0v) is 18.2. The molecule has 9 heteroatoms. The minimum atomic E-state index is -3.00. The molecule has 2 aromatic rings. The van der Waals surface area contributed by atoms with Crippen LogP contribution in [0, 0.1) is 19.7 Å². The third-order valence-corrected chi connectivity index (χ3v) is 7.93. The number of aryl methyl sites for hydroxylation is 1. The number of halogens is 1. The Hall–Kier alpha value is -2.42. The van der Waals surface area contributed by atoms with Crippen molar-refractivity contribution in [3.8, 4) is 0 Å². The highest BCUT2D eigenvalue weighted by Gasteiger charge is 2.32. The van der Waals surface area contributed by atoms with Crippen LogP contribution < -0.4 is 4.90 Å². The van der Waals surface area contributed by atoms with Crippen LogP contribution in [-0.2, 0) is 21.1 Å². The van der Waals surface area contributed by atoms with Gasteiger partial charge in [-0.05, 0) is 32.4 Å². The molecule has 1 aromatic carbocycles. The number of carbonyl (C=O) groups is 1. The number of carbonyl (C=O) groups excluding carboxylic acids is 1. The number of benzene rings is 1. The topological polar surface area (TPSA) is 75.5 Å². The van der Waals surface area contributed by atoms with Crippen molar-refractivity contribution in [1.29, 1.82) is 0 Å². The lowest BCUT2D eigenvalue weighted by atomic mass is 10.1. The summed E-state index contributed by atoms with van der Waals surface area (Å²) >= 11 is 0. The van der Waals surface area contributed by atoms with E-state index < -0.39 is 9.84 Å². The summed E-state index contributed by atoms with van der Waals surface area (Å²) in [7, 11) is -3.00. The van der Waals surface area contributed by atoms with Gasteiger partial charge in [0.05, 0.1) is 35.3 Å². The van der Waals surface area contributed by atoms with Gasteiger partial charge in [-0.1, -0.05) is 12.1 Å². The van der Waals surface area contributed by atoms with Crippen LogP contribution in [0.1, 0.15) is 29.4 Å². The first-order valence-corrected chi connectivity index (χ1v) is 12.1. The van der Waals surface area contributed by atoms with Gasteiger partial charge in [-0.2, -0.15) is 5.10 Å². The Morgan fingerprint density at radius 2 is 1.87 bits per heavy atom. The summed E-state index contributed by atoms with van der Waals surface area (Å²) in [6.07, 6.45) is 0.812. The number of anilines is 1. The average Bonchev–Trinajstić information content (AvgIpc) is 3.22. The maximum atomic E-state index is 14.0. The molecule has 0 radical (unpaired) electrons. The number of para-hydroxylation sites is 1. The molecule has 0 spiro atoms. The quantitative estimate of drug-likeness (QED) is 0.735. The molecule has 7 nitrogen and oxygen atoms in total. The molecule has 0 aliphatic carbocycles. The molecule has 0 saturated carbocycles. The number of aromatic nitrogens is 2. The van der Waals surface area contributed by atoms with E-state index in [1.807, 2.05) is 29.7 Å². The van der Waals surface area contributed by atoms with Gasteiger partial charge in [-0.15, -0.1) is 0 Å². The minimum Gasteiger partial charge on any atom is -0.366 e. The van der Waals surface area contributed by atoms with E-state index in [0.29, 0.717) is 38.3 Å². The van der Waals surface area contributed by atoms with Gasteiger partial charge in [0.2, 0.25) is 5.91 Å². The molecule has 3 heterocycles. The van der Waals surface area contributed by atoms with Gasteiger partial charge in [0, 0.05) is 37.4 Å². The van der Waals surface area contributed by atoms with Crippen molar-refractivity contribution >= 4 is 21.4 Å². The predicted octanol–water partition coefficient (Wildman–Crippen LogP) is 1.89. The van der Waals surface area contributed by atoms with Crippen molar-refractivity contribution in [3.05, 3.63) is 47.0 Å². The van der Waals surface area contributed by atoms with Gasteiger partial charge in [-0.25, -0.2) is 12.8 Å². The molecule has 2 aliphatic heterocycles. The Balaban J connectivity index is 1.41. The summed E-state index contributed by atoms with van der Waals surface area (Å²) in [4.78, 5) is 16.7. The average molecular weight is 435 g/mol. The molecule has 0 bridgehead atoms. The number of nitrogens with zero attached hydrogens (tertiary/aromatic N) is 4. The molecule has 4 rings (SSSR count). The smallest absolute Gasteiger partial charge is 0.227 e. The highest BCUT2D eigenvalue weighted by Crippen LogP contribution is 2.27. The van der Waals surface area contributed by atoms with Crippen molar-refractivity contribution in [2.45, 2.75) is 32.7 Å². The van der Waals surface area contributed by atoms with Gasteiger partial charge >= 0.3 is 0 Å². The molecule has 1 aromatic heterocycles. The van der Waals surface area contributed by atoms with Gasteiger partial charge < -0.3 is 9.80 Å². The summed E-state index contributed by atoms with van der Waals surface area (Å²) in [6, 6.07) is 6.55. The van der Waals surface area contributed by atoms with E-state index >= 15 is 0 Å². The second-order valence-electron chi connectivity index (χ2n) is 8.15. The molecule has 1 amide bonds. The predicted molar refractivity (Wildman–Crippen MR) is 113 cm³/mol. The fourth-order valence-electron chi connectivity index (χ4n) is 4.44. The summed E-state index contributed by atoms with van der Waals surface area (Å²) in [6.45, 7) is 6.03. The number of hydrogen-bond donors (Lipinski definition) is 0. The standard InChI is InChI=1S/C21H27FN4O3S/c1-15-18(16(2)26(23-15)17-7-12-30(28,29)14-17)13-21(27)25-10-8-24(9-11-25)20-6-4-3-5-19(20)22/h3-6,17H,7-14H2,1-2H3/t17-/m1/s1. The first kappa shape index (κ1) is 20.8. The van der Waals surface area contributed by atoms with E-state index in [0.717, 1.165) is 17.0 Å². The fourth-order valence-corrected chi connectivity index (χ4v) is 6.14. The van der Waals surface area contributed by atoms with Crippen LogP contribution in [0.5, 0.6) is 0 Å². The number of rotatable bonds is 4. The Morgan fingerprint density at radius 3 is 2.50 bits per heavy atom. The molecule has 2 saturated heterocycles. The van der Waals surface area contributed by atoms with E-state index in [1.54, 1.807) is 16.8 Å². The summed E-state index contributed by atoms with van der Waals surface area (Å²) in [5, 5.41) is 4.55. The first-order valence-electron chi connectivity index (χ1n) is 10.3. The number of amides is 1. The molecule has 162 valence electrons. The van der Waals surface area contributed by atoms with Crippen LogP contribution >= 0.6 is 0 Å². The maximum absolute atomic E-state index is 14.0. The van der Waals surface area contributed by atoms with Crippen molar-refractivity contribution < 1.29 is 17.6 Å². The Labute approximate surface area is 176 Å². The maximum Gasteiger partial charge on any atom is 0.227 e. The lowest BCUT2D eigenvalue weighted by Crippen LogP contribution is -2.49. The highest BCUT2D eigenvalue weighted by atomic mass is 32.2. The van der Waals surface area contributed by atoms with Crippen LogP contribution in [0.25, 0.3) is 0 Å². The summed E-state index contributed by atoms with van der Waals surface area (Å²) in [5.41, 5.74) is 3.09. The lowest BCUT2D eigenvalue weighted by Gasteiger charge is -2.36. The lowest BCUT2D eigenvalue weighted by molar-refractivity contribution is -0.130. The van der Waals surface area contributed by atoms with Gasteiger partial charge in [-0.3, -0.25) is 9.48 Å². The number of hydrogen-bond acceptors (Lipinski definition) is 5. The molecule has 0 unspecified atom stereocenters. The van der Waals surface area contributed by atoms with Crippen LogP contribution in [0.3, 0.4) is 0 Å². The Bertz CT molecular complexity index is 1060. The first-order chi connectivity index (χ1) is 14.2. The molecule has 30 heavy (non-hydrogen) atoms. The van der Waals surface area contributed by atoms with Gasteiger partial charge in [0.15, 0.2) is 9.84 Å². The molecular formula is C21H27FN4O3S. The van der Waals surface area contributed by atoms with E-state index in [1.165, 1.54) is 6.07 Å². The molecule has 0 N–H and O–H groups in total. The van der Waals surface area contributed by atoms with E-state index in [2.05, 4.69) is 5.10 Å². The second kappa shape index (κ2) is 8.02. The van der Waals surface area contributed by atoms with Gasteiger partial charge in [0.25, 0.3) is 0 Å². The second-order valence-corrected chi connectivity index (χ2v) is 10.4. The Morgan fingerprint density at radius 1 is 1.17 bits per heavy atom. The van der Waals surface area contributed by atoms with E-state index in [9.17, 15) is 17.6 Å². The SMILES string of the molecule is Cc1nn([C@@H]2CCS(=O)(=O)C2)c(C)c1CC(=O)N1CCN(c2ccccc2F)CC1. The van der Waals surface area contributed by atoms with E-state index in [-0.39, 0.29) is 35.7 Å². The third-order valence-electron chi connectivity index (χ3n) is 6.18. The van der Waals surface area contributed by atoms with Crippen LogP contribution in [0.4, 0.5) is 10.1 Å². The zero-order chi connectivity index (χ0) is 21.5. The van der Waals surface area contributed by atoms with Crippen molar-refractivity contribution in [2.75, 3.05) is 42.6 Å². The van der Waals surface area contributed by atoms with Crippen LogP contribution in [0.15, 0.2) is 24.3 Å². The van der Waals surface area contributed by atoms with Crippen LogP contribution in [-0.4, -0.2) is 66.7 Å². The van der Waals surface area contributed by atoms with Crippen LogP contribution in [0.2, 0.25) is 0 Å². The largest absolute Gasteiger partial charge is 0.366 e. The van der Waals surface area contributed by atoms with Crippen molar-refractivity contribution in [3.63, 3.8) is 0 Å². The van der Waals surface area contributed by atoms with E-state index in [4.69, 9.17) is 0 Å². The number of sulfone groups is 1. The summed E-state index contributed by atoms with van der Waals surface area (Å²) < 4.78 is 39.5. The van der Waals surface area contributed by atoms with Crippen molar-refractivity contribution in [2.24, 2.45) is 0 Å². The molecule has 2 aliphatic rings. The molecular weight excluding hydrogens is 407 g/mol. The normalized spacial score (nSPS) is 21.2. The summed E-state index contributed by atoms with van der Waals surface area (Å²) in [5.74, 6) is 0.0783. The third kappa shape index (κ3) is 4.08. The Kier molecular flexibility index (Phi) is 5.57. The zero-order valence-electron chi connectivity index (χ0n) is 17.3. The number of piperazine rings is 1. The van der Waals surface area contributed by atoms with Gasteiger partial charge in [0.1, 0.15) is 5.82 Å². The molecule has 2 fully saturated rings. The fraction of sp³-hybridized carbons (Fsp3) is 0.524. The highest BCUT2D eigenvalue weighted by molar-refractivity contribution is 7.91. The van der Waals surface area contributed by atoms with Crippen molar-refractivity contribution in [1.82, 2.24) is 14.7 Å². The monoisotopic (exact) mass is 434 g/mol. The minimum absolute atomic E-state index is 0.0213. The molecule has 1 atom stereocenters.